The van der Waals surface area contributed by atoms with E-state index in [2.05, 4.69) is 10.6 Å². The first-order valence-corrected chi connectivity index (χ1v) is 6.61. The molecule has 1 fully saturated rings. The van der Waals surface area contributed by atoms with Crippen LogP contribution in [0, 0.1) is 5.92 Å². The number of amides is 1. The fourth-order valence-electron chi connectivity index (χ4n) is 2.29. The van der Waals surface area contributed by atoms with Crippen LogP contribution in [0.25, 0.3) is 0 Å². The number of pyridine rings is 1. The summed E-state index contributed by atoms with van der Waals surface area (Å²) in [6, 6.07) is 1.51. The first-order chi connectivity index (χ1) is 9.79. The van der Waals surface area contributed by atoms with Crippen LogP contribution < -0.4 is 16.2 Å². The molecule has 9 heteroatoms. The fourth-order valence-corrected chi connectivity index (χ4v) is 2.29. The Labute approximate surface area is 131 Å². The molecule has 0 aliphatic carbocycles. The molecular weight excluding hydrogens is 323 g/mol. The number of H-pyrrole nitrogens is 1. The average Bonchev–Trinajstić information content (AvgIpc) is 2.40. The van der Waals surface area contributed by atoms with Crippen LogP contribution in [0.1, 0.15) is 29.4 Å². The van der Waals surface area contributed by atoms with Crippen molar-refractivity contribution in [3.63, 3.8) is 0 Å². The van der Waals surface area contributed by atoms with E-state index >= 15 is 0 Å². The Morgan fingerprint density at radius 3 is 2.59 bits per heavy atom. The standard InChI is InChI=1S/C13H16F3N3O2.ClH/c1-7-6-17-5-4-9(7)18-11(20)8-2-3-10(13(14,15)16)19-12(8)21;/h2-3,7,9,17H,4-6H2,1H3,(H,18,20)(H,19,21);1H. The number of aromatic nitrogens is 1. The maximum Gasteiger partial charge on any atom is 0.431 e. The molecule has 5 nitrogen and oxygen atoms in total. The van der Waals surface area contributed by atoms with Crippen molar-refractivity contribution in [3.8, 4) is 0 Å². The molecular formula is C13H17ClF3N3O2. The predicted octanol–water partition coefficient (Wildman–Crippen LogP) is 1.54. The lowest BCUT2D eigenvalue weighted by Gasteiger charge is -2.30. The lowest BCUT2D eigenvalue weighted by Crippen LogP contribution is -2.49. The zero-order valence-electron chi connectivity index (χ0n) is 11.8. The lowest BCUT2D eigenvalue weighted by molar-refractivity contribution is -0.141. The smallest absolute Gasteiger partial charge is 0.349 e. The Hall–Kier alpha value is -1.54. The maximum atomic E-state index is 12.4. The molecule has 0 spiro atoms. The summed E-state index contributed by atoms with van der Waals surface area (Å²) in [4.78, 5) is 25.3. The van der Waals surface area contributed by atoms with E-state index in [1.807, 2.05) is 6.92 Å². The van der Waals surface area contributed by atoms with Crippen LogP contribution in [0.15, 0.2) is 16.9 Å². The SMILES string of the molecule is CC1CNCCC1NC(=O)c1ccc(C(F)(F)F)[nH]c1=O.Cl. The molecule has 2 unspecified atom stereocenters. The minimum Gasteiger partial charge on any atom is -0.349 e. The minimum absolute atomic E-state index is 0. The molecule has 1 aromatic heterocycles. The second kappa shape index (κ2) is 7.15. The molecule has 2 rings (SSSR count). The monoisotopic (exact) mass is 339 g/mol. The van der Waals surface area contributed by atoms with Crippen molar-refractivity contribution in [1.29, 1.82) is 0 Å². The van der Waals surface area contributed by atoms with Crippen LogP contribution in [-0.2, 0) is 6.18 Å². The quantitative estimate of drug-likeness (QED) is 0.765. The molecule has 0 radical (unpaired) electrons. The summed E-state index contributed by atoms with van der Waals surface area (Å²) in [5.41, 5.74) is -2.52. The van der Waals surface area contributed by atoms with E-state index < -0.39 is 23.3 Å². The van der Waals surface area contributed by atoms with E-state index in [9.17, 15) is 22.8 Å². The van der Waals surface area contributed by atoms with Crippen molar-refractivity contribution >= 4 is 18.3 Å². The molecule has 0 bridgehead atoms. The van der Waals surface area contributed by atoms with Gasteiger partial charge in [-0.25, -0.2) is 0 Å². The van der Waals surface area contributed by atoms with Gasteiger partial charge >= 0.3 is 6.18 Å². The van der Waals surface area contributed by atoms with Gasteiger partial charge in [0.05, 0.1) is 0 Å². The largest absolute Gasteiger partial charge is 0.431 e. The summed E-state index contributed by atoms with van der Waals surface area (Å²) >= 11 is 0. The van der Waals surface area contributed by atoms with Gasteiger partial charge in [0.15, 0.2) is 0 Å². The van der Waals surface area contributed by atoms with Crippen molar-refractivity contribution in [1.82, 2.24) is 15.6 Å². The van der Waals surface area contributed by atoms with Gasteiger partial charge in [0.2, 0.25) is 0 Å². The van der Waals surface area contributed by atoms with Gasteiger partial charge in [-0.15, -0.1) is 12.4 Å². The van der Waals surface area contributed by atoms with Crippen LogP contribution in [-0.4, -0.2) is 30.0 Å². The molecule has 0 saturated carbocycles. The topological polar surface area (TPSA) is 74.0 Å². The Balaban J connectivity index is 0.00000242. The molecule has 2 atom stereocenters. The highest BCUT2D eigenvalue weighted by Crippen LogP contribution is 2.26. The Bertz CT molecular complexity index is 589. The molecule has 3 N–H and O–H groups in total. The van der Waals surface area contributed by atoms with E-state index in [1.165, 1.54) is 0 Å². The third-order valence-corrected chi connectivity index (χ3v) is 3.56. The highest BCUT2D eigenvalue weighted by atomic mass is 35.5. The third-order valence-electron chi connectivity index (χ3n) is 3.56. The van der Waals surface area contributed by atoms with Gasteiger partial charge in [-0.2, -0.15) is 13.2 Å². The Morgan fingerprint density at radius 1 is 1.36 bits per heavy atom. The molecule has 1 aliphatic rings. The van der Waals surface area contributed by atoms with Gasteiger partial charge in [0, 0.05) is 6.04 Å². The summed E-state index contributed by atoms with van der Waals surface area (Å²) in [7, 11) is 0. The fraction of sp³-hybridized carbons (Fsp3) is 0.538. The highest BCUT2D eigenvalue weighted by molar-refractivity contribution is 5.94. The van der Waals surface area contributed by atoms with Crippen molar-refractivity contribution < 1.29 is 18.0 Å². The van der Waals surface area contributed by atoms with Crippen molar-refractivity contribution in [2.75, 3.05) is 13.1 Å². The summed E-state index contributed by atoms with van der Waals surface area (Å²) in [6.07, 6.45) is -3.93. The van der Waals surface area contributed by atoms with Gasteiger partial charge < -0.3 is 15.6 Å². The first kappa shape index (κ1) is 18.5. The van der Waals surface area contributed by atoms with Gasteiger partial charge in [0.25, 0.3) is 11.5 Å². The summed E-state index contributed by atoms with van der Waals surface area (Å²) in [6.45, 7) is 3.45. The van der Waals surface area contributed by atoms with Crippen LogP contribution >= 0.6 is 12.4 Å². The van der Waals surface area contributed by atoms with E-state index in [-0.39, 0.29) is 29.9 Å². The molecule has 22 heavy (non-hydrogen) atoms. The molecule has 1 aromatic rings. The van der Waals surface area contributed by atoms with Crippen LogP contribution in [0.3, 0.4) is 0 Å². The minimum atomic E-state index is -4.64. The number of aromatic amines is 1. The number of nitrogens with one attached hydrogen (secondary N) is 3. The van der Waals surface area contributed by atoms with Crippen LogP contribution in [0.5, 0.6) is 0 Å². The first-order valence-electron chi connectivity index (χ1n) is 6.61. The lowest BCUT2D eigenvalue weighted by atomic mass is 9.95. The van der Waals surface area contributed by atoms with Crippen molar-refractivity contribution in [2.24, 2.45) is 5.92 Å². The average molecular weight is 340 g/mol. The maximum absolute atomic E-state index is 12.4. The molecule has 1 aliphatic heterocycles. The predicted molar refractivity (Wildman–Crippen MR) is 77.2 cm³/mol. The second-order valence-corrected chi connectivity index (χ2v) is 5.16. The summed E-state index contributed by atoms with van der Waals surface area (Å²) in [5.74, 6) is -0.458. The number of carbonyl (C=O) groups is 1. The number of rotatable bonds is 2. The normalized spacial score (nSPS) is 21.8. The number of piperidine rings is 1. The van der Waals surface area contributed by atoms with Crippen LogP contribution in [0.2, 0.25) is 0 Å². The van der Waals surface area contributed by atoms with Gasteiger partial charge in [-0.3, -0.25) is 9.59 Å². The summed E-state index contributed by atoms with van der Waals surface area (Å²) in [5, 5.41) is 5.87. The number of hydrogen-bond acceptors (Lipinski definition) is 3. The van der Waals surface area contributed by atoms with Gasteiger partial charge in [-0.05, 0) is 37.6 Å². The summed E-state index contributed by atoms with van der Waals surface area (Å²) < 4.78 is 37.3. The van der Waals surface area contributed by atoms with Gasteiger partial charge in [-0.1, -0.05) is 6.92 Å². The number of alkyl halides is 3. The van der Waals surface area contributed by atoms with E-state index in [1.54, 1.807) is 4.98 Å². The van der Waals surface area contributed by atoms with E-state index in [4.69, 9.17) is 0 Å². The number of hydrogen-bond donors (Lipinski definition) is 3. The highest BCUT2D eigenvalue weighted by Gasteiger charge is 2.32. The van der Waals surface area contributed by atoms with Crippen LogP contribution in [0.4, 0.5) is 13.2 Å². The zero-order chi connectivity index (χ0) is 15.6. The molecule has 0 aromatic carbocycles. The molecule has 1 amide bonds. The van der Waals surface area contributed by atoms with E-state index in [0.717, 1.165) is 19.2 Å². The molecule has 124 valence electrons. The third kappa shape index (κ3) is 4.23. The molecule has 1 saturated heterocycles. The molecule has 2 heterocycles. The van der Waals surface area contributed by atoms with Crippen molar-refractivity contribution in [2.45, 2.75) is 25.6 Å². The Morgan fingerprint density at radius 2 is 2.05 bits per heavy atom. The number of halogens is 4. The van der Waals surface area contributed by atoms with Crippen molar-refractivity contribution in [3.05, 3.63) is 33.7 Å². The zero-order valence-corrected chi connectivity index (χ0v) is 12.6. The van der Waals surface area contributed by atoms with Gasteiger partial charge in [0.1, 0.15) is 11.3 Å². The Kier molecular flexibility index (Phi) is 6.01. The second-order valence-electron chi connectivity index (χ2n) is 5.16. The number of carbonyl (C=O) groups excluding carboxylic acids is 1. The van der Waals surface area contributed by atoms with E-state index in [0.29, 0.717) is 12.5 Å².